The summed E-state index contributed by atoms with van der Waals surface area (Å²) in [6.07, 6.45) is 1.30. The van der Waals surface area contributed by atoms with Crippen LogP contribution in [0, 0.1) is 0 Å². The maximum Gasteiger partial charge on any atom is 0.118 e. The summed E-state index contributed by atoms with van der Waals surface area (Å²) in [5.74, 6) is 0.870. The molecule has 0 aliphatic heterocycles. The van der Waals surface area contributed by atoms with Crippen LogP contribution in [0.3, 0.4) is 0 Å². The Morgan fingerprint density at radius 3 is 2.42 bits per heavy atom. The van der Waals surface area contributed by atoms with Gasteiger partial charge in [0.05, 0.1) is 19.8 Å². The van der Waals surface area contributed by atoms with E-state index in [-0.39, 0.29) is 0 Å². The fourth-order valence-electron chi connectivity index (χ4n) is 2.03. The van der Waals surface area contributed by atoms with Crippen molar-refractivity contribution >= 4 is 0 Å². The molecule has 0 radical (unpaired) electrons. The summed E-state index contributed by atoms with van der Waals surface area (Å²) in [5, 5.41) is 13.0. The van der Waals surface area contributed by atoms with Gasteiger partial charge in [-0.15, -0.1) is 0 Å². The monoisotopic (exact) mass is 267 g/mol. The van der Waals surface area contributed by atoms with Gasteiger partial charge in [-0.2, -0.15) is 0 Å². The number of rotatable bonds is 9. The van der Waals surface area contributed by atoms with E-state index in [1.54, 1.807) is 14.2 Å². The summed E-state index contributed by atoms with van der Waals surface area (Å²) in [4.78, 5) is 0. The molecule has 4 nitrogen and oxygen atoms in total. The number of hydrogen-bond donors (Lipinski definition) is 2. The molecule has 0 spiro atoms. The molecular formula is C15H25NO3. The standard InChI is InChI=1S/C15H25NO3/c1-4-15(16-10-9-13(17)11-18-2)12-5-7-14(19-3)8-6-12/h5-8,13,15-17H,4,9-11H2,1-3H3. The van der Waals surface area contributed by atoms with Crippen molar-refractivity contribution in [1.29, 1.82) is 0 Å². The van der Waals surface area contributed by atoms with Gasteiger partial charge in [-0.25, -0.2) is 0 Å². The smallest absolute Gasteiger partial charge is 0.118 e. The van der Waals surface area contributed by atoms with Crippen molar-refractivity contribution in [1.82, 2.24) is 5.32 Å². The second kappa shape index (κ2) is 8.91. The van der Waals surface area contributed by atoms with E-state index < -0.39 is 6.10 Å². The van der Waals surface area contributed by atoms with E-state index in [2.05, 4.69) is 24.4 Å². The highest BCUT2D eigenvalue weighted by Gasteiger charge is 2.10. The van der Waals surface area contributed by atoms with Crippen molar-refractivity contribution in [2.24, 2.45) is 0 Å². The fraction of sp³-hybridized carbons (Fsp3) is 0.600. The second-order valence-electron chi connectivity index (χ2n) is 4.59. The van der Waals surface area contributed by atoms with Crippen LogP contribution in [0.25, 0.3) is 0 Å². The van der Waals surface area contributed by atoms with Crippen LogP contribution in [0.15, 0.2) is 24.3 Å². The minimum absolute atomic E-state index is 0.306. The van der Waals surface area contributed by atoms with E-state index in [9.17, 15) is 5.11 Å². The Labute approximate surface area is 115 Å². The lowest BCUT2D eigenvalue weighted by atomic mass is 10.0. The molecule has 0 aliphatic carbocycles. The van der Waals surface area contributed by atoms with Crippen molar-refractivity contribution in [2.45, 2.75) is 31.9 Å². The SMILES string of the molecule is CCC(NCCC(O)COC)c1ccc(OC)cc1. The first-order chi connectivity index (χ1) is 9.21. The lowest BCUT2D eigenvalue weighted by molar-refractivity contribution is 0.0589. The molecule has 2 N–H and O–H groups in total. The molecule has 108 valence electrons. The van der Waals surface area contributed by atoms with Gasteiger partial charge in [-0.05, 0) is 37.1 Å². The Morgan fingerprint density at radius 1 is 1.21 bits per heavy atom. The van der Waals surface area contributed by atoms with Crippen molar-refractivity contribution in [2.75, 3.05) is 27.4 Å². The van der Waals surface area contributed by atoms with Crippen molar-refractivity contribution in [3.8, 4) is 5.75 Å². The number of benzene rings is 1. The molecule has 0 fully saturated rings. The zero-order valence-corrected chi connectivity index (χ0v) is 12.1. The number of aliphatic hydroxyl groups is 1. The summed E-state index contributed by atoms with van der Waals surface area (Å²) in [7, 11) is 3.27. The number of nitrogens with one attached hydrogen (secondary N) is 1. The third-order valence-electron chi connectivity index (χ3n) is 3.15. The molecule has 1 aromatic carbocycles. The van der Waals surface area contributed by atoms with Gasteiger partial charge in [-0.1, -0.05) is 19.1 Å². The van der Waals surface area contributed by atoms with Crippen molar-refractivity contribution < 1.29 is 14.6 Å². The maximum absolute atomic E-state index is 9.59. The fourth-order valence-corrected chi connectivity index (χ4v) is 2.03. The molecule has 1 aromatic rings. The van der Waals surface area contributed by atoms with Crippen LogP contribution in [0.2, 0.25) is 0 Å². The normalized spacial score (nSPS) is 14.1. The lowest BCUT2D eigenvalue weighted by Gasteiger charge is -2.19. The van der Waals surface area contributed by atoms with Crippen LogP contribution in [0.4, 0.5) is 0 Å². The first-order valence-electron chi connectivity index (χ1n) is 6.75. The molecule has 4 heteroatoms. The first-order valence-corrected chi connectivity index (χ1v) is 6.75. The highest BCUT2D eigenvalue weighted by atomic mass is 16.5. The Balaban J connectivity index is 2.43. The first kappa shape index (κ1) is 16.0. The van der Waals surface area contributed by atoms with Gasteiger partial charge in [0.1, 0.15) is 5.75 Å². The summed E-state index contributed by atoms with van der Waals surface area (Å²) < 4.78 is 10.1. The average Bonchev–Trinajstić information content (AvgIpc) is 2.44. The molecule has 0 saturated carbocycles. The van der Waals surface area contributed by atoms with Crippen LogP contribution in [0.5, 0.6) is 5.75 Å². The van der Waals surface area contributed by atoms with E-state index in [1.165, 1.54) is 5.56 Å². The molecule has 0 aromatic heterocycles. The minimum atomic E-state index is -0.397. The van der Waals surface area contributed by atoms with Crippen molar-refractivity contribution in [3.05, 3.63) is 29.8 Å². The third kappa shape index (κ3) is 5.59. The molecule has 0 amide bonds. The molecular weight excluding hydrogens is 242 g/mol. The molecule has 2 unspecified atom stereocenters. The zero-order valence-electron chi connectivity index (χ0n) is 12.1. The summed E-state index contributed by atoms with van der Waals surface area (Å²) in [5.41, 5.74) is 1.24. The predicted molar refractivity (Wildman–Crippen MR) is 76.5 cm³/mol. The summed E-state index contributed by atoms with van der Waals surface area (Å²) >= 11 is 0. The Bertz CT molecular complexity index is 340. The van der Waals surface area contributed by atoms with Gasteiger partial charge < -0.3 is 19.9 Å². The molecule has 0 heterocycles. The Morgan fingerprint density at radius 2 is 1.89 bits per heavy atom. The maximum atomic E-state index is 9.59. The van der Waals surface area contributed by atoms with Crippen LogP contribution < -0.4 is 10.1 Å². The Hall–Kier alpha value is -1.10. The zero-order chi connectivity index (χ0) is 14.1. The molecule has 2 atom stereocenters. The van der Waals surface area contributed by atoms with Gasteiger partial charge in [0.2, 0.25) is 0 Å². The molecule has 1 rings (SSSR count). The van der Waals surface area contributed by atoms with E-state index in [1.807, 2.05) is 12.1 Å². The minimum Gasteiger partial charge on any atom is -0.497 e. The molecule has 0 saturated heterocycles. The van der Waals surface area contributed by atoms with E-state index in [4.69, 9.17) is 9.47 Å². The lowest BCUT2D eigenvalue weighted by Crippen LogP contribution is -2.26. The number of hydrogen-bond acceptors (Lipinski definition) is 4. The average molecular weight is 267 g/mol. The Kier molecular flexibility index (Phi) is 7.48. The third-order valence-corrected chi connectivity index (χ3v) is 3.15. The molecule has 0 aliphatic rings. The second-order valence-corrected chi connectivity index (χ2v) is 4.59. The molecule has 0 bridgehead atoms. The summed E-state index contributed by atoms with van der Waals surface area (Å²) in [6.45, 7) is 3.31. The van der Waals surface area contributed by atoms with Crippen LogP contribution >= 0.6 is 0 Å². The predicted octanol–water partition coefficient (Wildman–Crippen LogP) is 2.13. The van der Waals surface area contributed by atoms with Gasteiger partial charge in [-0.3, -0.25) is 0 Å². The highest BCUT2D eigenvalue weighted by molar-refractivity contribution is 5.29. The van der Waals surface area contributed by atoms with E-state index >= 15 is 0 Å². The number of ether oxygens (including phenoxy) is 2. The van der Waals surface area contributed by atoms with Gasteiger partial charge in [0, 0.05) is 13.2 Å². The van der Waals surface area contributed by atoms with Gasteiger partial charge in [0.25, 0.3) is 0 Å². The number of methoxy groups -OCH3 is 2. The van der Waals surface area contributed by atoms with Gasteiger partial charge in [0.15, 0.2) is 0 Å². The van der Waals surface area contributed by atoms with E-state index in [0.29, 0.717) is 19.1 Å². The largest absolute Gasteiger partial charge is 0.497 e. The van der Waals surface area contributed by atoms with E-state index in [0.717, 1.165) is 18.7 Å². The van der Waals surface area contributed by atoms with Crippen LogP contribution in [-0.4, -0.2) is 38.6 Å². The highest BCUT2D eigenvalue weighted by Crippen LogP contribution is 2.19. The van der Waals surface area contributed by atoms with Gasteiger partial charge >= 0.3 is 0 Å². The van der Waals surface area contributed by atoms with Crippen LogP contribution in [0.1, 0.15) is 31.4 Å². The molecule has 19 heavy (non-hydrogen) atoms. The topological polar surface area (TPSA) is 50.7 Å². The quantitative estimate of drug-likeness (QED) is 0.719. The van der Waals surface area contributed by atoms with Crippen LogP contribution in [-0.2, 0) is 4.74 Å². The van der Waals surface area contributed by atoms with Crippen molar-refractivity contribution in [3.63, 3.8) is 0 Å². The number of aliphatic hydroxyl groups excluding tert-OH is 1. The summed E-state index contributed by atoms with van der Waals surface area (Å²) in [6, 6.07) is 8.40.